The summed E-state index contributed by atoms with van der Waals surface area (Å²) >= 11 is 5.29. The molecule has 0 aromatic heterocycles. The van der Waals surface area contributed by atoms with Crippen LogP contribution in [-0.4, -0.2) is 23.2 Å². The Morgan fingerprint density at radius 1 is 1.18 bits per heavy atom. The molecule has 1 heterocycles. The smallest absolute Gasteiger partial charge is 0.255 e. The fraction of sp³-hybridized carbons (Fsp3) is 0.238. The molecule has 4 N–H and O–H groups in total. The number of ether oxygens (including phenoxy) is 1. The number of rotatable bonds is 4. The second-order valence-corrected chi connectivity index (χ2v) is 7.18. The van der Waals surface area contributed by atoms with Gasteiger partial charge in [-0.3, -0.25) is 4.79 Å². The van der Waals surface area contributed by atoms with Crippen LogP contribution in [-0.2, 0) is 4.79 Å². The molecule has 146 valence electrons. The fourth-order valence-corrected chi connectivity index (χ4v) is 3.45. The predicted molar refractivity (Wildman–Crippen MR) is 114 cm³/mol. The summed E-state index contributed by atoms with van der Waals surface area (Å²) in [6.45, 7) is 5.74. The third-order valence-corrected chi connectivity index (χ3v) is 4.91. The van der Waals surface area contributed by atoms with Crippen molar-refractivity contribution in [3.63, 3.8) is 0 Å². The topological polar surface area (TPSA) is 82.6 Å². The number of nitrogens with one attached hydrogen (secondary N) is 3. The van der Waals surface area contributed by atoms with Crippen LogP contribution in [0.15, 0.2) is 47.7 Å². The molecule has 1 atom stereocenters. The molecule has 7 heteroatoms. The fourth-order valence-electron chi connectivity index (χ4n) is 3.18. The maximum atomic E-state index is 13.2. The lowest BCUT2D eigenvalue weighted by atomic mass is 9.94. The first-order chi connectivity index (χ1) is 13.3. The van der Waals surface area contributed by atoms with Gasteiger partial charge in [-0.05, 0) is 67.9 Å². The molecule has 0 saturated carbocycles. The number of aromatic hydroxyl groups is 1. The molecule has 0 bridgehead atoms. The summed E-state index contributed by atoms with van der Waals surface area (Å²) < 4.78 is 5.21. The van der Waals surface area contributed by atoms with E-state index in [2.05, 4.69) is 16.0 Å². The number of hydrogen-bond donors (Lipinski definition) is 4. The van der Waals surface area contributed by atoms with E-state index in [1.807, 2.05) is 39.0 Å². The first kappa shape index (κ1) is 19.7. The van der Waals surface area contributed by atoms with E-state index < -0.39 is 6.04 Å². The lowest BCUT2D eigenvalue weighted by molar-refractivity contribution is -0.113. The average Bonchev–Trinajstić information content (AvgIpc) is 2.64. The molecule has 28 heavy (non-hydrogen) atoms. The molecule has 0 aliphatic carbocycles. The summed E-state index contributed by atoms with van der Waals surface area (Å²) in [7, 11) is 1.48. The largest absolute Gasteiger partial charge is 0.504 e. The van der Waals surface area contributed by atoms with Crippen molar-refractivity contribution in [3.8, 4) is 11.5 Å². The number of allylic oxidation sites excluding steroid dienone is 1. The normalized spacial score (nSPS) is 16.3. The average molecular weight is 398 g/mol. The number of anilines is 1. The first-order valence-corrected chi connectivity index (χ1v) is 9.24. The van der Waals surface area contributed by atoms with Crippen molar-refractivity contribution in [2.24, 2.45) is 0 Å². The summed E-state index contributed by atoms with van der Waals surface area (Å²) in [5.41, 5.74) is 4.75. The van der Waals surface area contributed by atoms with Crippen molar-refractivity contribution in [3.05, 3.63) is 64.4 Å². The van der Waals surface area contributed by atoms with Gasteiger partial charge in [0.05, 0.1) is 18.7 Å². The minimum Gasteiger partial charge on any atom is -0.504 e. The summed E-state index contributed by atoms with van der Waals surface area (Å²) in [5, 5.41) is 19.5. The SMILES string of the molecule is COc1cc(C2NC(=S)NC(C)=C2C(=O)Nc2cc(C)ccc2C)ccc1O. The number of benzene rings is 2. The Labute approximate surface area is 169 Å². The van der Waals surface area contributed by atoms with Gasteiger partial charge in [0.1, 0.15) is 0 Å². The van der Waals surface area contributed by atoms with E-state index in [9.17, 15) is 9.90 Å². The van der Waals surface area contributed by atoms with E-state index in [-0.39, 0.29) is 11.7 Å². The molecule has 0 fully saturated rings. The van der Waals surface area contributed by atoms with E-state index >= 15 is 0 Å². The molecule has 1 unspecified atom stereocenters. The summed E-state index contributed by atoms with van der Waals surface area (Å²) in [6.07, 6.45) is 0. The number of thiocarbonyl (C=S) groups is 1. The van der Waals surface area contributed by atoms with Crippen molar-refractivity contribution < 1.29 is 14.6 Å². The van der Waals surface area contributed by atoms with Crippen molar-refractivity contribution >= 4 is 28.9 Å². The Hall–Kier alpha value is -3.06. The zero-order valence-electron chi connectivity index (χ0n) is 16.2. The highest BCUT2D eigenvalue weighted by molar-refractivity contribution is 7.80. The van der Waals surface area contributed by atoms with E-state index in [1.54, 1.807) is 12.1 Å². The summed E-state index contributed by atoms with van der Waals surface area (Å²) in [6, 6.07) is 10.4. The van der Waals surface area contributed by atoms with Gasteiger partial charge in [0.25, 0.3) is 5.91 Å². The lowest BCUT2D eigenvalue weighted by Gasteiger charge is -2.30. The number of carbonyl (C=O) groups excluding carboxylic acids is 1. The number of carbonyl (C=O) groups is 1. The van der Waals surface area contributed by atoms with Crippen molar-refractivity contribution in [1.82, 2.24) is 10.6 Å². The van der Waals surface area contributed by atoms with Crippen LogP contribution in [0.3, 0.4) is 0 Å². The quantitative estimate of drug-likeness (QED) is 0.592. The van der Waals surface area contributed by atoms with Gasteiger partial charge in [-0.25, -0.2) is 0 Å². The first-order valence-electron chi connectivity index (χ1n) is 8.84. The van der Waals surface area contributed by atoms with Crippen LogP contribution >= 0.6 is 12.2 Å². The minimum atomic E-state index is -0.478. The molecule has 1 aliphatic heterocycles. The summed E-state index contributed by atoms with van der Waals surface area (Å²) in [5.74, 6) is 0.131. The molecule has 1 aliphatic rings. The zero-order valence-corrected chi connectivity index (χ0v) is 17.0. The highest BCUT2D eigenvalue weighted by Gasteiger charge is 2.30. The molecule has 2 aromatic carbocycles. The molecule has 0 radical (unpaired) electrons. The number of amides is 1. The van der Waals surface area contributed by atoms with Crippen LogP contribution in [0.5, 0.6) is 11.5 Å². The van der Waals surface area contributed by atoms with Crippen molar-refractivity contribution in [2.75, 3.05) is 12.4 Å². The van der Waals surface area contributed by atoms with Crippen molar-refractivity contribution in [1.29, 1.82) is 0 Å². The number of hydrogen-bond acceptors (Lipinski definition) is 4. The van der Waals surface area contributed by atoms with Crippen LogP contribution in [0.25, 0.3) is 0 Å². The van der Waals surface area contributed by atoms with Crippen molar-refractivity contribution in [2.45, 2.75) is 26.8 Å². The van der Waals surface area contributed by atoms with Gasteiger partial charge in [-0.1, -0.05) is 18.2 Å². The van der Waals surface area contributed by atoms with Gasteiger partial charge >= 0.3 is 0 Å². The molecule has 6 nitrogen and oxygen atoms in total. The molecule has 1 amide bonds. The van der Waals surface area contributed by atoms with Gasteiger partial charge in [0, 0.05) is 11.4 Å². The second-order valence-electron chi connectivity index (χ2n) is 6.77. The van der Waals surface area contributed by atoms with Crippen LogP contribution in [0.2, 0.25) is 0 Å². The molecule has 2 aromatic rings. The zero-order chi connectivity index (χ0) is 20.4. The third kappa shape index (κ3) is 3.94. The monoisotopic (exact) mass is 397 g/mol. The standard InChI is InChI=1S/C21H23N3O3S/c1-11-5-6-12(2)15(9-11)23-20(26)18-13(3)22-21(28)24-19(18)14-7-8-16(25)17(10-14)27-4/h5-10,19,25H,1-4H3,(H,23,26)(H2,22,24,28). The number of methoxy groups -OCH3 is 1. The third-order valence-electron chi connectivity index (χ3n) is 4.69. The molecular weight excluding hydrogens is 374 g/mol. The van der Waals surface area contributed by atoms with Gasteiger partial charge in [-0.15, -0.1) is 0 Å². The second kappa shape index (κ2) is 7.90. The highest BCUT2D eigenvalue weighted by atomic mass is 32.1. The van der Waals surface area contributed by atoms with E-state index in [0.29, 0.717) is 22.1 Å². The van der Waals surface area contributed by atoms with Gasteiger partial charge in [0.15, 0.2) is 16.6 Å². The van der Waals surface area contributed by atoms with Gasteiger partial charge < -0.3 is 25.8 Å². The van der Waals surface area contributed by atoms with Crippen LogP contribution in [0, 0.1) is 13.8 Å². The molecule has 0 spiro atoms. The van der Waals surface area contributed by atoms with Crippen LogP contribution in [0.1, 0.15) is 29.7 Å². The minimum absolute atomic E-state index is 0.0323. The Kier molecular flexibility index (Phi) is 5.56. The van der Waals surface area contributed by atoms with Crippen LogP contribution in [0.4, 0.5) is 5.69 Å². The summed E-state index contributed by atoms with van der Waals surface area (Å²) in [4.78, 5) is 13.2. The maximum Gasteiger partial charge on any atom is 0.255 e. The van der Waals surface area contributed by atoms with Gasteiger partial charge in [-0.2, -0.15) is 0 Å². The Balaban J connectivity index is 2.00. The van der Waals surface area contributed by atoms with Crippen LogP contribution < -0.4 is 20.7 Å². The highest BCUT2D eigenvalue weighted by Crippen LogP contribution is 2.34. The maximum absolute atomic E-state index is 13.2. The van der Waals surface area contributed by atoms with Gasteiger partial charge in [0.2, 0.25) is 0 Å². The van der Waals surface area contributed by atoms with E-state index in [0.717, 1.165) is 22.4 Å². The molecule has 3 rings (SSSR count). The molecule has 0 saturated heterocycles. The molecular formula is C21H23N3O3S. The Morgan fingerprint density at radius 2 is 1.93 bits per heavy atom. The lowest BCUT2D eigenvalue weighted by Crippen LogP contribution is -2.45. The predicted octanol–water partition coefficient (Wildman–Crippen LogP) is 3.45. The number of aryl methyl sites for hydroxylation is 2. The Morgan fingerprint density at radius 3 is 2.64 bits per heavy atom. The van der Waals surface area contributed by atoms with E-state index in [1.165, 1.54) is 13.2 Å². The number of phenolic OH excluding ortho intramolecular Hbond substituents is 1. The Bertz CT molecular complexity index is 985. The van der Waals surface area contributed by atoms with E-state index in [4.69, 9.17) is 17.0 Å². The number of phenols is 1.